The molecule has 0 unspecified atom stereocenters. The Labute approximate surface area is 146 Å². The van der Waals surface area contributed by atoms with E-state index in [-0.39, 0.29) is 17.3 Å². The maximum absolute atomic E-state index is 14.7. The Balaban J connectivity index is 1.97. The van der Waals surface area contributed by atoms with Gasteiger partial charge in [0.05, 0.1) is 11.1 Å². The second kappa shape index (κ2) is 5.98. The number of hydrogen-bond acceptors (Lipinski definition) is 4. The molecule has 1 saturated heterocycles. The molecule has 0 saturated carbocycles. The van der Waals surface area contributed by atoms with Crippen LogP contribution in [0.25, 0.3) is 0 Å². The minimum Gasteiger partial charge on any atom is -0.444 e. The third-order valence-electron chi connectivity index (χ3n) is 4.62. The van der Waals surface area contributed by atoms with Crippen molar-refractivity contribution in [3.05, 3.63) is 23.5 Å². The van der Waals surface area contributed by atoms with Crippen molar-refractivity contribution in [2.24, 2.45) is 0 Å². The number of benzene rings is 1. The average molecular weight is 350 g/mol. The third kappa shape index (κ3) is 3.08. The molecule has 0 radical (unpaired) electrons. The second-order valence-corrected chi connectivity index (χ2v) is 7.54. The van der Waals surface area contributed by atoms with E-state index in [1.807, 2.05) is 0 Å². The largest absolute Gasteiger partial charge is 0.444 e. The zero-order chi connectivity index (χ0) is 18.4. The lowest BCUT2D eigenvalue weighted by atomic mass is 9.75. The van der Waals surface area contributed by atoms with Gasteiger partial charge < -0.3 is 14.4 Å². The Bertz CT molecular complexity index is 721. The molecular weight excluding hydrogens is 327 g/mol. The fourth-order valence-corrected chi connectivity index (χ4v) is 3.54. The molecule has 7 heteroatoms. The van der Waals surface area contributed by atoms with Crippen molar-refractivity contribution in [3.63, 3.8) is 0 Å². The summed E-state index contributed by atoms with van der Waals surface area (Å²) in [6.45, 7) is 6.15. The first kappa shape index (κ1) is 17.7. The van der Waals surface area contributed by atoms with Crippen molar-refractivity contribution >= 4 is 23.4 Å². The SMILES string of the molecule is CN1C(=O)C2(CCOCC2)c2cc(NC(=O)OC(C)(C)C)cc(F)c21. The molecule has 3 rings (SSSR count). The number of carbonyl (C=O) groups is 2. The fourth-order valence-electron chi connectivity index (χ4n) is 3.54. The van der Waals surface area contributed by atoms with Crippen molar-refractivity contribution in [2.45, 2.75) is 44.6 Å². The Morgan fingerprint density at radius 2 is 1.96 bits per heavy atom. The van der Waals surface area contributed by atoms with E-state index in [1.165, 1.54) is 11.0 Å². The van der Waals surface area contributed by atoms with Crippen molar-refractivity contribution in [1.29, 1.82) is 0 Å². The summed E-state index contributed by atoms with van der Waals surface area (Å²) in [7, 11) is 1.58. The van der Waals surface area contributed by atoms with Gasteiger partial charge in [-0.25, -0.2) is 9.18 Å². The van der Waals surface area contributed by atoms with Gasteiger partial charge in [0, 0.05) is 25.9 Å². The molecule has 1 N–H and O–H groups in total. The van der Waals surface area contributed by atoms with E-state index in [9.17, 15) is 14.0 Å². The van der Waals surface area contributed by atoms with Crippen LogP contribution in [0.15, 0.2) is 12.1 Å². The lowest BCUT2D eigenvalue weighted by molar-refractivity contribution is -0.126. The van der Waals surface area contributed by atoms with Gasteiger partial charge >= 0.3 is 6.09 Å². The smallest absolute Gasteiger partial charge is 0.412 e. The van der Waals surface area contributed by atoms with Crippen LogP contribution in [0.4, 0.5) is 20.6 Å². The molecule has 1 aromatic rings. The molecule has 6 nitrogen and oxygen atoms in total. The Kier molecular flexibility index (Phi) is 4.23. The standard InChI is InChI=1S/C18H23FN2O4/c1-17(2,3)25-16(23)20-11-9-12-14(13(19)10-11)21(4)15(22)18(12)5-7-24-8-6-18/h9-10H,5-8H2,1-4H3,(H,20,23). The first-order valence-corrected chi connectivity index (χ1v) is 8.34. The topological polar surface area (TPSA) is 67.9 Å². The summed E-state index contributed by atoms with van der Waals surface area (Å²) in [6, 6.07) is 2.89. The van der Waals surface area contributed by atoms with Gasteiger partial charge in [-0.3, -0.25) is 10.1 Å². The monoisotopic (exact) mass is 350 g/mol. The molecule has 2 aliphatic heterocycles. The van der Waals surface area contributed by atoms with Gasteiger partial charge in [0.15, 0.2) is 0 Å². The second-order valence-electron chi connectivity index (χ2n) is 7.54. The van der Waals surface area contributed by atoms with Crippen LogP contribution in [0.5, 0.6) is 0 Å². The van der Waals surface area contributed by atoms with E-state index in [1.54, 1.807) is 33.9 Å². The van der Waals surface area contributed by atoms with E-state index in [2.05, 4.69) is 5.32 Å². The third-order valence-corrected chi connectivity index (χ3v) is 4.62. The minimum absolute atomic E-state index is 0.126. The van der Waals surface area contributed by atoms with E-state index in [4.69, 9.17) is 9.47 Å². The highest BCUT2D eigenvalue weighted by Crippen LogP contribution is 2.49. The minimum atomic E-state index is -0.783. The number of hydrogen-bond donors (Lipinski definition) is 1. The molecule has 25 heavy (non-hydrogen) atoms. The van der Waals surface area contributed by atoms with Gasteiger partial charge in [0.2, 0.25) is 5.91 Å². The number of carbonyl (C=O) groups excluding carboxylic acids is 2. The highest BCUT2D eigenvalue weighted by Gasteiger charge is 2.51. The average Bonchev–Trinajstić information content (AvgIpc) is 2.69. The summed E-state index contributed by atoms with van der Waals surface area (Å²) < 4.78 is 25.3. The van der Waals surface area contributed by atoms with Crippen molar-refractivity contribution in [3.8, 4) is 0 Å². The number of anilines is 2. The summed E-state index contributed by atoms with van der Waals surface area (Å²) in [4.78, 5) is 26.2. The van der Waals surface area contributed by atoms with Crippen LogP contribution in [-0.4, -0.2) is 37.9 Å². The van der Waals surface area contributed by atoms with Crippen LogP contribution in [0.2, 0.25) is 0 Å². The van der Waals surface area contributed by atoms with Gasteiger partial charge in [-0.05, 0) is 51.3 Å². The van der Waals surface area contributed by atoms with Crippen molar-refractivity contribution < 1.29 is 23.5 Å². The molecule has 1 aromatic carbocycles. The maximum atomic E-state index is 14.7. The molecule has 1 spiro atoms. The van der Waals surface area contributed by atoms with Crippen LogP contribution in [0, 0.1) is 5.82 Å². The van der Waals surface area contributed by atoms with Gasteiger partial charge in [0.1, 0.15) is 11.4 Å². The first-order chi connectivity index (χ1) is 11.6. The quantitative estimate of drug-likeness (QED) is 0.845. The molecule has 0 aliphatic carbocycles. The van der Waals surface area contributed by atoms with Crippen LogP contribution >= 0.6 is 0 Å². The summed E-state index contributed by atoms with van der Waals surface area (Å²) >= 11 is 0. The summed E-state index contributed by atoms with van der Waals surface area (Å²) in [6.07, 6.45) is 0.336. The van der Waals surface area contributed by atoms with Crippen LogP contribution < -0.4 is 10.2 Å². The Morgan fingerprint density at radius 1 is 1.32 bits per heavy atom. The number of likely N-dealkylation sites (N-methyl/N-ethyl adjacent to an activating group) is 1. The number of rotatable bonds is 1. The molecule has 2 amide bonds. The van der Waals surface area contributed by atoms with Gasteiger partial charge in [-0.15, -0.1) is 0 Å². The van der Waals surface area contributed by atoms with Gasteiger partial charge in [-0.1, -0.05) is 0 Å². The highest BCUT2D eigenvalue weighted by molar-refractivity contribution is 6.08. The summed E-state index contributed by atoms with van der Waals surface area (Å²) in [5.74, 6) is -0.665. The van der Waals surface area contributed by atoms with E-state index < -0.39 is 22.9 Å². The normalized spacial score (nSPS) is 19.1. The molecule has 0 atom stereocenters. The van der Waals surface area contributed by atoms with E-state index in [0.29, 0.717) is 31.6 Å². The number of fused-ring (bicyclic) bond motifs is 2. The lowest BCUT2D eigenvalue weighted by Gasteiger charge is -2.32. The van der Waals surface area contributed by atoms with Crippen LogP contribution in [0.3, 0.4) is 0 Å². The summed E-state index contributed by atoms with van der Waals surface area (Å²) in [5, 5.41) is 2.56. The molecular formula is C18H23FN2O4. The molecule has 2 aliphatic rings. The number of amides is 2. The van der Waals surface area contributed by atoms with Gasteiger partial charge in [-0.2, -0.15) is 0 Å². The van der Waals surface area contributed by atoms with E-state index in [0.717, 1.165) is 0 Å². The number of nitrogens with zero attached hydrogens (tertiary/aromatic N) is 1. The molecule has 2 heterocycles. The van der Waals surface area contributed by atoms with Crippen molar-refractivity contribution in [2.75, 3.05) is 30.5 Å². The molecule has 1 fully saturated rings. The number of ether oxygens (including phenoxy) is 2. The van der Waals surface area contributed by atoms with Crippen LogP contribution in [-0.2, 0) is 19.7 Å². The van der Waals surface area contributed by atoms with Gasteiger partial charge in [0.25, 0.3) is 0 Å². The number of nitrogens with one attached hydrogen (secondary N) is 1. The molecule has 136 valence electrons. The maximum Gasteiger partial charge on any atom is 0.412 e. The summed E-state index contributed by atoms with van der Waals surface area (Å²) in [5.41, 5.74) is -0.276. The number of halogens is 1. The molecule has 0 bridgehead atoms. The Hall–Kier alpha value is -2.15. The first-order valence-electron chi connectivity index (χ1n) is 8.34. The zero-order valence-corrected chi connectivity index (χ0v) is 14.9. The van der Waals surface area contributed by atoms with Crippen molar-refractivity contribution in [1.82, 2.24) is 0 Å². The lowest BCUT2D eigenvalue weighted by Crippen LogP contribution is -2.42. The fraction of sp³-hybridized carbons (Fsp3) is 0.556. The predicted molar refractivity (Wildman–Crippen MR) is 91.4 cm³/mol. The highest BCUT2D eigenvalue weighted by atomic mass is 19.1. The van der Waals surface area contributed by atoms with Crippen LogP contribution in [0.1, 0.15) is 39.2 Å². The predicted octanol–water partition coefficient (Wildman–Crippen LogP) is 3.20. The Morgan fingerprint density at radius 3 is 2.56 bits per heavy atom. The molecule has 0 aromatic heterocycles. The van der Waals surface area contributed by atoms with E-state index >= 15 is 0 Å². The zero-order valence-electron chi connectivity index (χ0n) is 14.9.